The Morgan fingerprint density at radius 3 is 2.88 bits per heavy atom. The quantitative estimate of drug-likeness (QED) is 0.923. The van der Waals surface area contributed by atoms with E-state index < -0.39 is 0 Å². The topological polar surface area (TPSA) is 67.2 Å². The first-order valence-corrected chi connectivity index (χ1v) is 9.11. The van der Waals surface area contributed by atoms with Crippen molar-refractivity contribution in [2.24, 2.45) is 0 Å². The predicted molar refractivity (Wildman–Crippen MR) is 92.8 cm³/mol. The molecule has 0 atom stereocenters. The Bertz CT molecular complexity index is 750. The summed E-state index contributed by atoms with van der Waals surface area (Å²) in [6.45, 7) is 6.23. The van der Waals surface area contributed by atoms with Crippen LogP contribution in [0.3, 0.4) is 0 Å². The minimum absolute atomic E-state index is 0.0699. The Morgan fingerprint density at radius 1 is 1.33 bits per heavy atom. The van der Waals surface area contributed by atoms with Crippen molar-refractivity contribution >= 4 is 23.2 Å². The van der Waals surface area contributed by atoms with Gasteiger partial charge >= 0.3 is 0 Å². The highest BCUT2D eigenvalue weighted by Crippen LogP contribution is 2.16. The Kier molecular flexibility index (Phi) is 4.99. The van der Waals surface area contributed by atoms with Crippen LogP contribution in [0.5, 0.6) is 0 Å². The van der Waals surface area contributed by atoms with E-state index in [1.165, 1.54) is 4.88 Å². The van der Waals surface area contributed by atoms with E-state index in [4.69, 9.17) is 0 Å². The highest BCUT2D eigenvalue weighted by atomic mass is 32.1. The molecule has 0 spiro atoms. The van der Waals surface area contributed by atoms with Crippen LogP contribution in [0.1, 0.15) is 46.9 Å². The Balaban J connectivity index is 1.63. The van der Waals surface area contributed by atoms with Crippen LogP contribution in [0.4, 0.5) is 0 Å². The molecule has 0 saturated carbocycles. The maximum Gasteiger partial charge on any atom is 0.252 e. The number of thiophene rings is 1. The fraction of sp³-hybridized carbons (Fsp3) is 0.471. The van der Waals surface area contributed by atoms with Crippen molar-refractivity contribution in [3.63, 3.8) is 0 Å². The number of fused-ring (bicyclic) bond motifs is 1. The normalized spacial score (nSPS) is 14.2. The molecule has 0 bridgehead atoms. The van der Waals surface area contributed by atoms with Crippen molar-refractivity contribution < 1.29 is 9.59 Å². The number of aryl methyl sites for hydroxylation is 2. The second-order valence-electron chi connectivity index (χ2n) is 5.98. The highest BCUT2D eigenvalue weighted by Gasteiger charge is 2.18. The van der Waals surface area contributed by atoms with Crippen molar-refractivity contribution in [1.82, 2.24) is 20.0 Å². The maximum absolute atomic E-state index is 12.2. The molecule has 0 unspecified atom stereocenters. The predicted octanol–water partition coefficient (Wildman–Crippen LogP) is 2.19. The minimum atomic E-state index is -0.0699. The Morgan fingerprint density at radius 2 is 2.17 bits per heavy atom. The van der Waals surface area contributed by atoms with E-state index in [-0.39, 0.29) is 11.8 Å². The third-order valence-corrected chi connectivity index (χ3v) is 5.29. The van der Waals surface area contributed by atoms with Crippen LogP contribution < -0.4 is 5.32 Å². The van der Waals surface area contributed by atoms with Gasteiger partial charge in [0.2, 0.25) is 5.91 Å². The van der Waals surface area contributed by atoms with E-state index in [0.29, 0.717) is 18.7 Å². The summed E-state index contributed by atoms with van der Waals surface area (Å²) in [5.74, 6) is 0.0168. The van der Waals surface area contributed by atoms with Gasteiger partial charge in [0.1, 0.15) is 0 Å². The van der Waals surface area contributed by atoms with Gasteiger partial charge in [-0.1, -0.05) is 6.92 Å². The number of hydrogen-bond acceptors (Lipinski definition) is 4. The molecule has 0 saturated heterocycles. The lowest BCUT2D eigenvalue weighted by molar-refractivity contribution is -0.129. The molecule has 0 radical (unpaired) electrons. The van der Waals surface area contributed by atoms with Crippen molar-refractivity contribution in [2.75, 3.05) is 6.54 Å². The van der Waals surface area contributed by atoms with Gasteiger partial charge in [-0.15, -0.1) is 11.3 Å². The van der Waals surface area contributed by atoms with E-state index >= 15 is 0 Å². The second-order valence-corrected chi connectivity index (χ2v) is 6.98. The number of nitrogens with zero attached hydrogens (tertiary/aromatic N) is 3. The molecule has 6 nitrogen and oxygen atoms in total. The van der Waals surface area contributed by atoms with Gasteiger partial charge in [0.05, 0.1) is 30.0 Å². The van der Waals surface area contributed by atoms with Gasteiger partial charge in [-0.2, -0.15) is 5.10 Å². The molecule has 24 heavy (non-hydrogen) atoms. The van der Waals surface area contributed by atoms with Gasteiger partial charge in [-0.05, 0) is 25.0 Å². The number of aromatic nitrogens is 2. The molecule has 0 fully saturated rings. The monoisotopic (exact) mass is 346 g/mol. The summed E-state index contributed by atoms with van der Waals surface area (Å²) < 4.78 is 1.95. The van der Waals surface area contributed by atoms with Crippen LogP contribution in [0.2, 0.25) is 0 Å². The van der Waals surface area contributed by atoms with Gasteiger partial charge in [0.25, 0.3) is 5.91 Å². The molecular formula is C17H22N4O2S. The van der Waals surface area contributed by atoms with Gasteiger partial charge in [-0.3, -0.25) is 14.3 Å². The smallest absolute Gasteiger partial charge is 0.252 e. The van der Waals surface area contributed by atoms with E-state index in [1.807, 2.05) is 27.1 Å². The molecule has 0 aliphatic carbocycles. The number of amides is 2. The number of hydrogen-bond donors (Lipinski definition) is 1. The second kappa shape index (κ2) is 7.17. The molecule has 128 valence electrons. The fourth-order valence-electron chi connectivity index (χ4n) is 2.83. The third kappa shape index (κ3) is 3.67. The zero-order valence-corrected chi connectivity index (χ0v) is 14.9. The van der Waals surface area contributed by atoms with Crippen LogP contribution in [0, 0.1) is 0 Å². The van der Waals surface area contributed by atoms with E-state index in [9.17, 15) is 9.59 Å². The summed E-state index contributed by atoms with van der Waals surface area (Å²) in [5.41, 5.74) is 2.56. The first-order chi connectivity index (χ1) is 11.6. The van der Waals surface area contributed by atoms with Crippen molar-refractivity contribution in [1.29, 1.82) is 0 Å². The van der Waals surface area contributed by atoms with Gasteiger partial charge in [0.15, 0.2) is 0 Å². The van der Waals surface area contributed by atoms with Gasteiger partial charge < -0.3 is 10.2 Å². The summed E-state index contributed by atoms with van der Waals surface area (Å²) in [5, 5.41) is 9.37. The standard InChI is InChI=1S/C17H22N4O2S/c1-3-16-7-13(11-24-16)17(23)18-9-14-8-15-10-20(12(2)22)5-4-6-21(15)19-14/h7-8,11H,3-6,9-10H2,1-2H3,(H,18,23). The zero-order valence-electron chi connectivity index (χ0n) is 14.0. The first kappa shape index (κ1) is 16.7. The fourth-order valence-corrected chi connectivity index (χ4v) is 3.65. The average Bonchev–Trinajstić information content (AvgIpc) is 3.14. The largest absolute Gasteiger partial charge is 0.346 e. The maximum atomic E-state index is 12.2. The summed E-state index contributed by atoms with van der Waals surface area (Å²) in [6.07, 6.45) is 1.84. The molecule has 2 aromatic rings. The van der Waals surface area contributed by atoms with Crippen LogP contribution in [0.25, 0.3) is 0 Å². The molecule has 1 aliphatic rings. The van der Waals surface area contributed by atoms with Gasteiger partial charge in [0, 0.05) is 30.3 Å². The molecule has 7 heteroatoms. The number of carbonyl (C=O) groups excluding carboxylic acids is 2. The lowest BCUT2D eigenvalue weighted by atomic mass is 10.2. The Labute approximate surface area is 145 Å². The number of nitrogens with one attached hydrogen (secondary N) is 1. The molecule has 0 aromatic carbocycles. The molecule has 3 rings (SSSR count). The van der Waals surface area contributed by atoms with Crippen molar-refractivity contribution in [3.8, 4) is 0 Å². The lowest BCUT2D eigenvalue weighted by Crippen LogP contribution is -2.28. The van der Waals surface area contributed by atoms with Crippen molar-refractivity contribution in [3.05, 3.63) is 39.3 Å². The number of carbonyl (C=O) groups is 2. The van der Waals surface area contributed by atoms with Gasteiger partial charge in [-0.25, -0.2) is 0 Å². The van der Waals surface area contributed by atoms with Crippen molar-refractivity contribution in [2.45, 2.75) is 46.3 Å². The van der Waals surface area contributed by atoms with E-state index in [2.05, 4.69) is 17.3 Å². The lowest BCUT2D eigenvalue weighted by Gasteiger charge is -2.17. The Hall–Kier alpha value is -2.15. The molecule has 1 N–H and O–H groups in total. The van der Waals surface area contributed by atoms with E-state index in [1.54, 1.807) is 18.3 Å². The highest BCUT2D eigenvalue weighted by molar-refractivity contribution is 7.10. The number of rotatable bonds is 4. The third-order valence-electron chi connectivity index (χ3n) is 4.20. The zero-order chi connectivity index (χ0) is 17.1. The van der Waals surface area contributed by atoms with Crippen LogP contribution in [-0.2, 0) is 30.8 Å². The SMILES string of the molecule is CCc1cc(C(=O)NCc2cc3n(n2)CCCN(C(C)=O)C3)cs1. The summed E-state index contributed by atoms with van der Waals surface area (Å²) in [6, 6.07) is 3.92. The summed E-state index contributed by atoms with van der Waals surface area (Å²) in [4.78, 5) is 26.8. The molecule has 1 aliphatic heterocycles. The molecule has 2 amide bonds. The minimum Gasteiger partial charge on any atom is -0.346 e. The summed E-state index contributed by atoms with van der Waals surface area (Å²) in [7, 11) is 0. The molecule has 2 aromatic heterocycles. The van der Waals surface area contributed by atoms with Crippen LogP contribution in [-0.4, -0.2) is 33.0 Å². The van der Waals surface area contributed by atoms with E-state index in [0.717, 1.165) is 37.3 Å². The first-order valence-electron chi connectivity index (χ1n) is 8.23. The van der Waals surface area contributed by atoms with Crippen LogP contribution in [0.15, 0.2) is 17.5 Å². The summed E-state index contributed by atoms with van der Waals surface area (Å²) >= 11 is 1.61. The molecular weight excluding hydrogens is 324 g/mol. The van der Waals surface area contributed by atoms with Crippen LogP contribution >= 0.6 is 11.3 Å². The average molecular weight is 346 g/mol. The molecule has 3 heterocycles.